The van der Waals surface area contributed by atoms with E-state index in [0.29, 0.717) is 18.2 Å². The van der Waals surface area contributed by atoms with E-state index >= 15 is 0 Å². The Bertz CT molecular complexity index is 520. The monoisotopic (exact) mass is 296 g/mol. The first-order chi connectivity index (χ1) is 9.99. The van der Waals surface area contributed by atoms with Crippen LogP contribution in [0.15, 0.2) is 6.07 Å². The lowest BCUT2D eigenvalue weighted by Gasteiger charge is -2.29. The molecule has 0 unspecified atom stereocenters. The van der Waals surface area contributed by atoms with Gasteiger partial charge in [-0.3, -0.25) is 9.48 Å². The number of amides is 1. The van der Waals surface area contributed by atoms with E-state index in [9.17, 15) is 9.59 Å². The maximum atomic E-state index is 12.0. The highest BCUT2D eigenvalue weighted by Gasteiger charge is 2.22. The van der Waals surface area contributed by atoms with Gasteiger partial charge in [0.1, 0.15) is 5.82 Å². The molecule has 1 aliphatic heterocycles. The van der Waals surface area contributed by atoms with E-state index in [1.807, 2.05) is 5.06 Å². The zero-order valence-corrected chi connectivity index (χ0v) is 12.2. The molecule has 21 heavy (non-hydrogen) atoms. The molecule has 1 aliphatic rings. The van der Waals surface area contributed by atoms with Gasteiger partial charge in [-0.1, -0.05) is 0 Å². The summed E-state index contributed by atoms with van der Waals surface area (Å²) in [6, 6.07) is 1.35. The van der Waals surface area contributed by atoms with Crippen molar-refractivity contribution in [1.29, 1.82) is 0 Å². The molecule has 8 heteroatoms. The van der Waals surface area contributed by atoms with Crippen LogP contribution in [0.25, 0.3) is 0 Å². The molecule has 1 fully saturated rings. The van der Waals surface area contributed by atoms with Crippen LogP contribution in [0, 0.1) is 5.92 Å². The first kappa shape index (κ1) is 15.5. The Morgan fingerprint density at radius 2 is 2.14 bits per heavy atom. The molecule has 2 N–H and O–H groups in total. The molecule has 0 bridgehead atoms. The summed E-state index contributed by atoms with van der Waals surface area (Å²) in [7, 11) is 3.24. The highest BCUT2D eigenvalue weighted by atomic mass is 16.7. The average molecular weight is 296 g/mol. The van der Waals surface area contributed by atoms with Crippen molar-refractivity contribution in [2.75, 3.05) is 25.5 Å². The van der Waals surface area contributed by atoms with Gasteiger partial charge >= 0.3 is 5.97 Å². The van der Waals surface area contributed by atoms with E-state index in [1.54, 1.807) is 14.2 Å². The lowest BCUT2D eigenvalue weighted by Crippen LogP contribution is -2.34. The van der Waals surface area contributed by atoms with Gasteiger partial charge in [-0.15, -0.1) is 0 Å². The zero-order chi connectivity index (χ0) is 15.4. The molecule has 0 atom stereocenters. The van der Waals surface area contributed by atoms with Gasteiger partial charge in [-0.05, 0) is 18.8 Å². The summed E-state index contributed by atoms with van der Waals surface area (Å²) in [5.41, 5.74) is -0.0822. The SMILES string of the molecule is CON1CCC(CC(=O)Nc2cc(C(=O)O)nn2C)CC1. The van der Waals surface area contributed by atoms with Crippen molar-refractivity contribution >= 4 is 17.7 Å². The molecule has 1 saturated heterocycles. The summed E-state index contributed by atoms with van der Waals surface area (Å²) in [6.45, 7) is 1.65. The van der Waals surface area contributed by atoms with Gasteiger partial charge in [0.25, 0.3) is 0 Å². The van der Waals surface area contributed by atoms with E-state index in [4.69, 9.17) is 9.94 Å². The van der Waals surface area contributed by atoms with E-state index in [1.165, 1.54) is 10.7 Å². The zero-order valence-electron chi connectivity index (χ0n) is 12.2. The van der Waals surface area contributed by atoms with E-state index < -0.39 is 5.97 Å². The lowest BCUT2D eigenvalue weighted by atomic mass is 9.94. The Morgan fingerprint density at radius 1 is 1.48 bits per heavy atom. The van der Waals surface area contributed by atoms with Crippen LogP contribution >= 0.6 is 0 Å². The molecule has 0 spiro atoms. The fraction of sp³-hybridized carbons (Fsp3) is 0.615. The number of hydrogen-bond acceptors (Lipinski definition) is 5. The minimum atomic E-state index is -1.11. The van der Waals surface area contributed by atoms with Gasteiger partial charge in [0.05, 0.1) is 7.11 Å². The molecule has 1 aromatic heterocycles. The normalized spacial score (nSPS) is 16.9. The van der Waals surface area contributed by atoms with Crippen LogP contribution in [0.4, 0.5) is 5.82 Å². The number of rotatable bonds is 5. The van der Waals surface area contributed by atoms with Crippen LogP contribution in [0.5, 0.6) is 0 Å². The Hall–Kier alpha value is -1.93. The third-order valence-electron chi connectivity index (χ3n) is 3.67. The van der Waals surface area contributed by atoms with E-state index in [-0.39, 0.29) is 11.6 Å². The number of carboxylic acid groups (broad SMARTS) is 1. The first-order valence-corrected chi connectivity index (χ1v) is 6.86. The second-order valence-electron chi connectivity index (χ2n) is 5.15. The van der Waals surface area contributed by atoms with Crippen molar-refractivity contribution in [2.45, 2.75) is 19.3 Å². The number of piperidine rings is 1. The van der Waals surface area contributed by atoms with Gasteiger partial charge in [0, 0.05) is 32.6 Å². The largest absolute Gasteiger partial charge is 0.476 e. The molecule has 0 aromatic carbocycles. The van der Waals surface area contributed by atoms with Crippen molar-refractivity contribution in [3.8, 4) is 0 Å². The molecular weight excluding hydrogens is 276 g/mol. The minimum Gasteiger partial charge on any atom is -0.476 e. The maximum absolute atomic E-state index is 12.0. The fourth-order valence-corrected chi connectivity index (χ4v) is 2.44. The predicted molar refractivity (Wildman–Crippen MR) is 74.7 cm³/mol. The number of carbonyl (C=O) groups excluding carboxylic acids is 1. The van der Waals surface area contributed by atoms with E-state index in [2.05, 4.69) is 10.4 Å². The molecule has 0 saturated carbocycles. The van der Waals surface area contributed by atoms with Gasteiger partial charge < -0.3 is 15.3 Å². The van der Waals surface area contributed by atoms with Crippen molar-refractivity contribution in [3.05, 3.63) is 11.8 Å². The number of nitrogens with zero attached hydrogens (tertiary/aromatic N) is 3. The molecule has 0 aliphatic carbocycles. The van der Waals surface area contributed by atoms with Gasteiger partial charge in [0.2, 0.25) is 5.91 Å². The van der Waals surface area contributed by atoms with Gasteiger partial charge in [-0.2, -0.15) is 10.2 Å². The number of aromatic nitrogens is 2. The van der Waals surface area contributed by atoms with Crippen molar-refractivity contribution in [3.63, 3.8) is 0 Å². The van der Waals surface area contributed by atoms with Crippen LogP contribution in [0.3, 0.4) is 0 Å². The number of hydroxylamine groups is 2. The van der Waals surface area contributed by atoms with Crippen LogP contribution in [-0.2, 0) is 16.7 Å². The second-order valence-corrected chi connectivity index (χ2v) is 5.15. The molecule has 8 nitrogen and oxygen atoms in total. The number of hydrogen-bond donors (Lipinski definition) is 2. The lowest BCUT2D eigenvalue weighted by molar-refractivity contribution is -0.149. The van der Waals surface area contributed by atoms with Crippen molar-refractivity contribution in [1.82, 2.24) is 14.8 Å². The molecule has 1 aromatic rings. The Kier molecular flexibility index (Phi) is 4.92. The third kappa shape index (κ3) is 4.02. The standard InChI is InChI=1S/C13H20N4O4/c1-16-11(8-10(15-16)13(19)20)14-12(18)7-9-3-5-17(21-2)6-4-9/h8-9H,3-7H2,1-2H3,(H,14,18)(H,19,20). The summed E-state index contributed by atoms with van der Waals surface area (Å²) in [6.07, 6.45) is 2.24. The Morgan fingerprint density at radius 3 is 2.67 bits per heavy atom. The smallest absolute Gasteiger partial charge is 0.356 e. The minimum absolute atomic E-state index is 0.0822. The number of anilines is 1. The summed E-state index contributed by atoms with van der Waals surface area (Å²) >= 11 is 0. The van der Waals surface area contributed by atoms with Crippen LogP contribution in [0.2, 0.25) is 0 Å². The Labute approximate surface area is 122 Å². The predicted octanol–water partition coefficient (Wildman–Crippen LogP) is 0.720. The first-order valence-electron chi connectivity index (χ1n) is 6.86. The van der Waals surface area contributed by atoms with Gasteiger partial charge in [-0.25, -0.2) is 4.79 Å². The number of carbonyl (C=O) groups is 2. The van der Waals surface area contributed by atoms with Crippen molar-refractivity contribution < 1.29 is 19.5 Å². The quantitative estimate of drug-likeness (QED) is 0.831. The molecule has 1 amide bonds. The topological polar surface area (TPSA) is 96.7 Å². The Balaban J connectivity index is 1.86. The number of carboxylic acids is 1. The highest BCUT2D eigenvalue weighted by molar-refractivity contribution is 5.92. The molecule has 2 heterocycles. The maximum Gasteiger partial charge on any atom is 0.356 e. The van der Waals surface area contributed by atoms with Crippen molar-refractivity contribution in [2.24, 2.45) is 13.0 Å². The molecule has 0 radical (unpaired) electrons. The molecular formula is C13H20N4O4. The average Bonchev–Trinajstić information content (AvgIpc) is 2.81. The van der Waals surface area contributed by atoms with Crippen LogP contribution < -0.4 is 5.32 Å². The number of aromatic carboxylic acids is 1. The molecule has 116 valence electrons. The number of aryl methyl sites for hydroxylation is 1. The summed E-state index contributed by atoms with van der Waals surface area (Å²) in [5, 5.41) is 17.3. The van der Waals surface area contributed by atoms with Crippen LogP contribution in [-0.4, -0.2) is 52.0 Å². The molecule has 2 rings (SSSR count). The summed E-state index contributed by atoms with van der Waals surface area (Å²) in [5.74, 6) is -0.515. The third-order valence-corrected chi connectivity index (χ3v) is 3.67. The summed E-state index contributed by atoms with van der Waals surface area (Å²) < 4.78 is 1.36. The fourth-order valence-electron chi connectivity index (χ4n) is 2.44. The van der Waals surface area contributed by atoms with Gasteiger partial charge in [0.15, 0.2) is 5.69 Å². The highest BCUT2D eigenvalue weighted by Crippen LogP contribution is 2.21. The van der Waals surface area contributed by atoms with E-state index in [0.717, 1.165) is 25.9 Å². The summed E-state index contributed by atoms with van der Waals surface area (Å²) in [4.78, 5) is 28.0. The number of nitrogens with one attached hydrogen (secondary N) is 1. The second kappa shape index (κ2) is 6.68. The van der Waals surface area contributed by atoms with Crippen LogP contribution in [0.1, 0.15) is 29.8 Å².